The lowest BCUT2D eigenvalue weighted by molar-refractivity contribution is 0.0240. The highest BCUT2D eigenvalue weighted by Gasteiger charge is 2.19. The van der Waals surface area contributed by atoms with E-state index in [9.17, 15) is 10.2 Å². The van der Waals surface area contributed by atoms with Crippen molar-refractivity contribution in [3.05, 3.63) is 44.2 Å². The first-order valence-corrected chi connectivity index (χ1v) is 5.48. The zero-order valence-electron chi connectivity index (χ0n) is 8.71. The molecule has 5 nitrogen and oxygen atoms in total. The first-order valence-electron chi connectivity index (χ1n) is 4.69. The van der Waals surface area contributed by atoms with Crippen molar-refractivity contribution in [2.24, 2.45) is 5.11 Å². The molecule has 0 saturated heterocycles. The van der Waals surface area contributed by atoms with Gasteiger partial charge in [-0.25, -0.2) is 0 Å². The fourth-order valence-corrected chi connectivity index (χ4v) is 1.74. The lowest BCUT2D eigenvalue weighted by Gasteiger charge is -2.18. The van der Waals surface area contributed by atoms with Gasteiger partial charge in [-0.3, -0.25) is 0 Å². The van der Waals surface area contributed by atoms with E-state index in [4.69, 9.17) is 5.53 Å². The van der Waals surface area contributed by atoms with Crippen LogP contribution in [0.1, 0.15) is 17.2 Å². The van der Waals surface area contributed by atoms with Crippen LogP contribution in [-0.4, -0.2) is 22.9 Å². The van der Waals surface area contributed by atoms with Crippen molar-refractivity contribution in [3.63, 3.8) is 0 Å². The maximum atomic E-state index is 9.87. The SMILES string of the molecule is Cc1ccc(Br)cc1C(O)C(O)CN=[N+]=[N-]. The van der Waals surface area contributed by atoms with Gasteiger partial charge < -0.3 is 10.2 Å². The Hall–Kier alpha value is -1.07. The van der Waals surface area contributed by atoms with Gasteiger partial charge in [-0.15, -0.1) is 0 Å². The molecule has 1 aromatic rings. The lowest BCUT2D eigenvalue weighted by atomic mass is 10.00. The summed E-state index contributed by atoms with van der Waals surface area (Å²) in [5.41, 5.74) is 9.62. The third-order valence-corrected chi connectivity index (χ3v) is 2.75. The smallest absolute Gasteiger partial charge is 0.105 e. The Kier molecular flexibility index (Phi) is 4.76. The van der Waals surface area contributed by atoms with Crippen molar-refractivity contribution in [3.8, 4) is 0 Å². The fourth-order valence-electron chi connectivity index (χ4n) is 1.36. The van der Waals surface area contributed by atoms with Crippen molar-refractivity contribution in [2.75, 3.05) is 6.54 Å². The monoisotopic (exact) mass is 285 g/mol. The second-order valence-corrected chi connectivity index (χ2v) is 4.34. The number of halogens is 1. The molecule has 0 saturated carbocycles. The summed E-state index contributed by atoms with van der Waals surface area (Å²) in [6, 6.07) is 5.42. The van der Waals surface area contributed by atoms with Gasteiger partial charge in [-0.2, -0.15) is 0 Å². The lowest BCUT2D eigenvalue weighted by Crippen LogP contribution is -2.21. The molecular formula is C10H12BrN3O2. The van der Waals surface area contributed by atoms with Gasteiger partial charge in [0, 0.05) is 9.38 Å². The zero-order chi connectivity index (χ0) is 12.1. The second-order valence-electron chi connectivity index (χ2n) is 3.43. The summed E-state index contributed by atoms with van der Waals surface area (Å²) in [5.74, 6) is 0. The molecule has 0 bridgehead atoms. The second kappa shape index (κ2) is 5.86. The third kappa shape index (κ3) is 3.21. The molecule has 2 N–H and O–H groups in total. The predicted octanol–water partition coefficient (Wildman–Crippen LogP) is 2.46. The molecule has 1 rings (SSSR count). The van der Waals surface area contributed by atoms with E-state index in [-0.39, 0.29) is 6.54 Å². The highest BCUT2D eigenvalue weighted by Crippen LogP contribution is 2.24. The van der Waals surface area contributed by atoms with Gasteiger partial charge in [0.05, 0.1) is 12.6 Å². The van der Waals surface area contributed by atoms with Crippen LogP contribution in [0.4, 0.5) is 0 Å². The molecule has 0 aliphatic carbocycles. The molecule has 86 valence electrons. The van der Waals surface area contributed by atoms with E-state index in [1.165, 1.54) is 0 Å². The molecule has 0 heterocycles. The van der Waals surface area contributed by atoms with E-state index < -0.39 is 12.2 Å². The average Bonchev–Trinajstić information content (AvgIpc) is 2.28. The molecule has 2 atom stereocenters. The number of aliphatic hydroxyl groups is 2. The van der Waals surface area contributed by atoms with Gasteiger partial charge in [0.25, 0.3) is 0 Å². The minimum atomic E-state index is -1.09. The Morgan fingerprint density at radius 3 is 2.81 bits per heavy atom. The molecule has 0 fully saturated rings. The summed E-state index contributed by atoms with van der Waals surface area (Å²) in [6.45, 7) is 1.69. The van der Waals surface area contributed by atoms with E-state index in [1.807, 2.05) is 19.1 Å². The highest BCUT2D eigenvalue weighted by atomic mass is 79.9. The molecule has 0 aliphatic rings. The summed E-state index contributed by atoms with van der Waals surface area (Å²) in [5, 5.41) is 22.7. The Balaban J connectivity index is 2.90. The predicted molar refractivity (Wildman–Crippen MR) is 63.9 cm³/mol. The summed E-state index contributed by atoms with van der Waals surface area (Å²) < 4.78 is 0.822. The number of aryl methyl sites for hydroxylation is 1. The molecule has 1 aromatic carbocycles. The normalized spacial score (nSPS) is 14.0. The number of hydrogen-bond acceptors (Lipinski definition) is 3. The number of nitrogens with zero attached hydrogens (tertiary/aromatic N) is 3. The number of aliphatic hydroxyl groups excluding tert-OH is 2. The van der Waals surface area contributed by atoms with Crippen LogP contribution in [0.3, 0.4) is 0 Å². The van der Waals surface area contributed by atoms with Crippen LogP contribution in [0, 0.1) is 6.92 Å². The largest absolute Gasteiger partial charge is 0.390 e. The van der Waals surface area contributed by atoms with Gasteiger partial charge in [0.1, 0.15) is 6.10 Å². The Morgan fingerprint density at radius 1 is 1.50 bits per heavy atom. The van der Waals surface area contributed by atoms with Crippen LogP contribution in [0.2, 0.25) is 0 Å². The molecule has 0 aromatic heterocycles. The van der Waals surface area contributed by atoms with Gasteiger partial charge in [-0.05, 0) is 35.7 Å². The molecule has 0 aliphatic heterocycles. The maximum Gasteiger partial charge on any atom is 0.105 e. The zero-order valence-corrected chi connectivity index (χ0v) is 10.3. The van der Waals surface area contributed by atoms with Crippen LogP contribution >= 0.6 is 15.9 Å². The summed E-state index contributed by atoms with van der Waals surface area (Å²) >= 11 is 3.29. The van der Waals surface area contributed by atoms with Crippen molar-refractivity contribution in [1.29, 1.82) is 0 Å². The topological polar surface area (TPSA) is 89.2 Å². The van der Waals surface area contributed by atoms with E-state index in [0.717, 1.165) is 10.0 Å². The van der Waals surface area contributed by atoms with Crippen LogP contribution in [0.15, 0.2) is 27.8 Å². The number of benzene rings is 1. The van der Waals surface area contributed by atoms with Crippen LogP contribution in [0.5, 0.6) is 0 Å². The number of azide groups is 1. The van der Waals surface area contributed by atoms with Crippen molar-refractivity contribution in [1.82, 2.24) is 0 Å². The molecule has 0 radical (unpaired) electrons. The highest BCUT2D eigenvalue weighted by molar-refractivity contribution is 9.10. The third-order valence-electron chi connectivity index (χ3n) is 2.26. The van der Waals surface area contributed by atoms with Crippen LogP contribution in [0.25, 0.3) is 10.4 Å². The molecule has 6 heteroatoms. The maximum absolute atomic E-state index is 9.87. The minimum absolute atomic E-state index is 0.149. The van der Waals surface area contributed by atoms with Crippen molar-refractivity contribution in [2.45, 2.75) is 19.1 Å². The average molecular weight is 286 g/mol. The van der Waals surface area contributed by atoms with Gasteiger partial charge in [-0.1, -0.05) is 27.1 Å². The fraction of sp³-hybridized carbons (Fsp3) is 0.400. The van der Waals surface area contributed by atoms with Crippen LogP contribution in [-0.2, 0) is 0 Å². The molecular weight excluding hydrogens is 274 g/mol. The molecule has 2 unspecified atom stereocenters. The van der Waals surface area contributed by atoms with Crippen LogP contribution < -0.4 is 0 Å². The molecule has 16 heavy (non-hydrogen) atoms. The van der Waals surface area contributed by atoms with Gasteiger partial charge >= 0.3 is 0 Å². The summed E-state index contributed by atoms with van der Waals surface area (Å²) in [7, 11) is 0. The minimum Gasteiger partial charge on any atom is -0.390 e. The van der Waals surface area contributed by atoms with Crippen molar-refractivity contribution < 1.29 is 10.2 Å². The summed E-state index contributed by atoms with van der Waals surface area (Å²) in [4.78, 5) is 2.54. The van der Waals surface area contributed by atoms with E-state index in [2.05, 4.69) is 26.0 Å². The quantitative estimate of drug-likeness (QED) is 0.505. The Labute approximate surface area is 101 Å². The summed E-state index contributed by atoms with van der Waals surface area (Å²) in [6.07, 6.45) is -2.15. The van der Waals surface area contributed by atoms with E-state index >= 15 is 0 Å². The number of hydrogen-bond donors (Lipinski definition) is 2. The van der Waals surface area contributed by atoms with E-state index in [0.29, 0.717) is 5.56 Å². The molecule has 0 amide bonds. The number of rotatable bonds is 4. The Morgan fingerprint density at radius 2 is 2.19 bits per heavy atom. The Bertz CT molecular complexity index is 419. The van der Waals surface area contributed by atoms with Gasteiger partial charge in [0.2, 0.25) is 0 Å². The first-order chi connectivity index (χ1) is 7.56. The van der Waals surface area contributed by atoms with Gasteiger partial charge in [0.15, 0.2) is 0 Å². The molecule has 0 spiro atoms. The standard InChI is InChI=1S/C10H12BrN3O2/c1-6-2-3-7(11)4-8(6)10(16)9(15)5-13-14-12/h2-4,9-10,15-16H,5H2,1H3. The van der Waals surface area contributed by atoms with Crippen molar-refractivity contribution >= 4 is 15.9 Å². The van der Waals surface area contributed by atoms with E-state index in [1.54, 1.807) is 6.07 Å². The first kappa shape index (κ1) is 13.0.